The van der Waals surface area contributed by atoms with Crippen molar-refractivity contribution in [3.05, 3.63) is 69.5 Å². The van der Waals surface area contributed by atoms with Crippen molar-refractivity contribution in [2.24, 2.45) is 4.99 Å². The Hall–Kier alpha value is -2.77. The molecule has 0 fully saturated rings. The van der Waals surface area contributed by atoms with E-state index in [0.29, 0.717) is 22.7 Å². The molecule has 27 heavy (non-hydrogen) atoms. The number of nitrogens with zero attached hydrogens (tertiary/aromatic N) is 1. The SMILES string of the molecule is O=C(Nc1scc(-c2ccc(Br)cc2)c1C(=O)O)C1=Nc2ccccc2C1. The lowest BCUT2D eigenvalue weighted by atomic mass is 10.0. The number of fused-ring (bicyclic) bond motifs is 1. The molecule has 0 bridgehead atoms. The van der Waals surface area contributed by atoms with Gasteiger partial charge in [-0.1, -0.05) is 46.3 Å². The van der Waals surface area contributed by atoms with Gasteiger partial charge >= 0.3 is 5.97 Å². The number of carbonyl (C=O) groups is 2. The fourth-order valence-electron chi connectivity index (χ4n) is 2.95. The zero-order valence-corrected chi connectivity index (χ0v) is 16.3. The van der Waals surface area contributed by atoms with Gasteiger partial charge in [0.2, 0.25) is 0 Å². The number of amides is 1. The second kappa shape index (κ2) is 7.09. The van der Waals surface area contributed by atoms with Crippen LogP contribution in [0.2, 0.25) is 0 Å². The molecule has 2 N–H and O–H groups in total. The van der Waals surface area contributed by atoms with Crippen molar-refractivity contribution < 1.29 is 14.7 Å². The highest BCUT2D eigenvalue weighted by molar-refractivity contribution is 9.10. The van der Waals surface area contributed by atoms with Crippen LogP contribution < -0.4 is 5.32 Å². The summed E-state index contributed by atoms with van der Waals surface area (Å²) in [7, 11) is 0. The van der Waals surface area contributed by atoms with Crippen molar-refractivity contribution in [3.8, 4) is 11.1 Å². The van der Waals surface area contributed by atoms with Gasteiger partial charge in [-0.15, -0.1) is 11.3 Å². The third-order valence-electron chi connectivity index (χ3n) is 4.25. The van der Waals surface area contributed by atoms with Crippen LogP contribution in [0.5, 0.6) is 0 Å². The molecule has 4 rings (SSSR count). The first kappa shape index (κ1) is 17.6. The third kappa shape index (κ3) is 3.43. The zero-order valence-electron chi connectivity index (χ0n) is 13.9. The molecule has 2 heterocycles. The Labute approximate surface area is 167 Å². The van der Waals surface area contributed by atoms with E-state index in [4.69, 9.17) is 0 Å². The van der Waals surface area contributed by atoms with Gasteiger partial charge in [0.25, 0.3) is 5.91 Å². The molecule has 0 atom stereocenters. The average molecular weight is 441 g/mol. The van der Waals surface area contributed by atoms with Gasteiger partial charge in [0.15, 0.2) is 0 Å². The van der Waals surface area contributed by atoms with Crippen LogP contribution in [0.15, 0.2) is 63.4 Å². The Morgan fingerprint density at radius 1 is 1.11 bits per heavy atom. The highest BCUT2D eigenvalue weighted by Crippen LogP contribution is 2.36. The van der Waals surface area contributed by atoms with E-state index in [1.807, 2.05) is 48.5 Å². The van der Waals surface area contributed by atoms with Crippen LogP contribution in [0.3, 0.4) is 0 Å². The predicted molar refractivity (Wildman–Crippen MR) is 110 cm³/mol. The van der Waals surface area contributed by atoms with E-state index >= 15 is 0 Å². The molecule has 0 aliphatic carbocycles. The Morgan fingerprint density at radius 3 is 2.56 bits per heavy atom. The van der Waals surface area contributed by atoms with Crippen LogP contribution in [-0.2, 0) is 11.2 Å². The van der Waals surface area contributed by atoms with Gasteiger partial charge in [-0.05, 0) is 29.3 Å². The first-order valence-electron chi connectivity index (χ1n) is 8.10. The van der Waals surface area contributed by atoms with Crippen LogP contribution in [0.4, 0.5) is 10.7 Å². The van der Waals surface area contributed by atoms with Crippen LogP contribution in [-0.4, -0.2) is 22.7 Å². The van der Waals surface area contributed by atoms with Gasteiger partial charge in [0, 0.05) is 21.8 Å². The average Bonchev–Trinajstić information content (AvgIpc) is 3.26. The highest BCUT2D eigenvalue weighted by atomic mass is 79.9. The molecule has 3 aromatic rings. The Balaban J connectivity index is 1.62. The Bertz CT molecular complexity index is 1090. The van der Waals surface area contributed by atoms with E-state index < -0.39 is 5.97 Å². The summed E-state index contributed by atoms with van der Waals surface area (Å²) in [4.78, 5) is 28.8. The smallest absolute Gasteiger partial charge is 0.339 e. The number of rotatable bonds is 4. The van der Waals surface area contributed by atoms with Gasteiger partial charge in [-0.25, -0.2) is 9.79 Å². The van der Waals surface area contributed by atoms with Crippen LogP contribution in [0.1, 0.15) is 15.9 Å². The number of anilines is 1. The minimum absolute atomic E-state index is 0.0896. The number of aliphatic imine (C=N–C) groups is 1. The molecule has 0 unspecified atom stereocenters. The molecule has 1 aromatic heterocycles. The maximum Gasteiger partial charge on any atom is 0.339 e. The van der Waals surface area contributed by atoms with Crippen LogP contribution >= 0.6 is 27.3 Å². The van der Waals surface area contributed by atoms with Gasteiger partial charge in [0.05, 0.1) is 5.69 Å². The summed E-state index contributed by atoms with van der Waals surface area (Å²) < 4.78 is 0.908. The molecular formula is C20H13BrN2O3S. The van der Waals surface area contributed by atoms with E-state index in [1.54, 1.807) is 5.38 Å². The van der Waals surface area contributed by atoms with Crippen molar-refractivity contribution in [1.29, 1.82) is 0 Å². The summed E-state index contributed by atoms with van der Waals surface area (Å²) in [5.74, 6) is -1.46. The Kier molecular flexibility index (Phi) is 4.63. The third-order valence-corrected chi connectivity index (χ3v) is 5.68. The number of aromatic carboxylic acids is 1. The molecule has 2 aromatic carbocycles. The topological polar surface area (TPSA) is 78.8 Å². The lowest BCUT2D eigenvalue weighted by molar-refractivity contribution is -0.110. The molecule has 0 saturated heterocycles. The molecule has 7 heteroatoms. The van der Waals surface area contributed by atoms with Crippen molar-refractivity contribution in [2.45, 2.75) is 6.42 Å². The Morgan fingerprint density at radius 2 is 1.85 bits per heavy atom. The number of hydrogen-bond donors (Lipinski definition) is 2. The summed E-state index contributed by atoms with van der Waals surface area (Å²) >= 11 is 4.56. The summed E-state index contributed by atoms with van der Waals surface area (Å²) in [5, 5.41) is 14.5. The summed E-state index contributed by atoms with van der Waals surface area (Å²) in [6.07, 6.45) is 0.440. The number of para-hydroxylation sites is 1. The second-order valence-electron chi connectivity index (χ2n) is 5.98. The molecule has 0 radical (unpaired) electrons. The minimum Gasteiger partial charge on any atom is -0.478 e. The number of hydrogen-bond acceptors (Lipinski definition) is 4. The largest absolute Gasteiger partial charge is 0.478 e. The number of thiophene rings is 1. The monoisotopic (exact) mass is 440 g/mol. The lowest BCUT2D eigenvalue weighted by Crippen LogP contribution is -2.23. The summed E-state index contributed by atoms with van der Waals surface area (Å²) in [6.45, 7) is 0. The first-order chi connectivity index (χ1) is 13.0. The molecule has 0 spiro atoms. The maximum absolute atomic E-state index is 12.6. The number of halogens is 1. The molecule has 134 valence electrons. The van der Waals surface area contributed by atoms with E-state index in [0.717, 1.165) is 21.3 Å². The minimum atomic E-state index is -1.08. The van der Waals surface area contributed by atoms with Gasteiger partial charge in [-0.2, -0.15) is 0 Å². The van der Waals surface area contributed by atoms with E-state index in [1.165, 1.54) is 11.3 Å². The van der Waals surface area contributed by atoms with Crippen molar-refractivity contribution in [3.63, 3.8) is 0 Å². The van der Waals surface area contributed by atoms with E-state index in [2.05, 4.69) is 26.2 Å². The molecule has 0 saturated carbocycles. The van der Waals surface area contributed by atoms with Crippen LogP contribution in [0, 0.1) is 0 Å². The molecule has 1 aliphatic heterocycles. The molecular weight excluding hydrogens is 428 g/mol. The summed E-state index contributed by atoms with van der Waals surface area (Å²) in [6, 6.07) is 14.9. The molecule has 1 amide bonds. The van der Waals surface area contributed by atoms with Gasteiger partial charge < -0.3 is 10.4 Å². The van der Waals surface area contributed by atoms with Crippen LogP contribution in [0.25, 0.3) is 11.1 Å². The molecule has 5 nitrogen and oxygen atoms in total. The normalized spacial score (nSPS) is 12.4. The van der Waals surface area contributed by atoms with Gasteiger partial charge in [0.1, 0.15) is 16.3 Å². The summed E-state index contributed by atoms with van der Waals surface area (Å²) in [5.41, 5.74) is 3.59. The fourth-order valence-corrected chi connectivity index (χ4v) is 4.17. The number of nitrogens with one attached hydrogen (secondary N) is 1. The fraction of sp³-hybridized carbons (Fsp3) is 0.0500. The second-order valence-corrected chi connectivity index (χ2v) is 7.78. The van der Waals surface area contributed by atoms with E-state index in [-0.39, 0.29) is 11.5 Å². The van der Waals surface area contributed by atoms with Crippen molar-refractivity contribution >= 4 is 55.5 Å². The quantitative estimate of drug-likeness (QED) is 0.588. The predicted octanol–water partition coefficient (Wildman–Crippen LogP) is 5.14. The number of carboxylic acids is 1. The maximum atomic E-state index is 12.6. The molecule has 1 aliphatic rings. The number of benzene rings is 2. The lowest BCUT2D eigenvalue weighted by Gasteiger charge is -2.06. The van der Waals surface area contributed by atoms with Gasteiger partial charge in [-0.3, -0.25) is 4.79 Å². The first-order valence-corrected chi connectivity index (χ1v) is 9.78. The van der Waals surface area contributed by atoms with E-state index in [9.17, 15) is 14.7 Å². The standard InChI is InChI=1S/C20H13BrN2O3S/c21-13-7-5-11(6-8-13)14-10-27-19(17(14)20(25)26)23-18(24)16-9-12-3-1-2-4-15(12)22-16/h1-8,10H,9H2,(H,23,24)(H,25,26). The van der Waals surface area contributed by atoms with Crippen molar-refractivity contribution in [2.75, 3.05) is 5.32 Å². The number of carboxylic acid groups (broad SMARTS) is 1. The zero-order chi connectivity index (χ0) is 19.0. The highest BCUT2D eigenvalue weighted by Gasteiger charge is 2.25. The number of carbonyl (C=O) groups excluding carboxylic acids is 1. The van der Waals surface area contributed by atoms with Crippen molar-refractivity contribution in [1.82, 2.24) is 0 Å².